The Kier molecular flexibility index (Phi) is 3.52. The first-order valence-corrected chi connectivity index (χ1v) is 5.09. The Hall–Kier alpha value is -1.58. The zero-order valence-electron chi connectivity index (χ0n) is 9.99. The van der Waals surface area contributed by atoms with Gasteiger partial charge in [-0.05, 0) is 11.5 Å². The van der Waals surface area contributed by atoms with Crippen molar-refractivity contribution in [1.82, 2.24) is 0 Å². The molecule has 0 saturated heterocycles. The Labute approximate surface area is 94.9 Å². The van der Waals surface area contributed by atoms with E-state index in [4.69, 9.17) is 9.47 Å². The minimum Gasteiger partial charge on any atom is -0.431 e. The van der Waals surface area contributed by atoms with Crippen molar-refractivity contribution in [2.45, 2.75) is 34.1 Å². The van der Waals surface area contributed by atoms with Gasteiger partial charge < -0.3 is 9.47 Å². The summed E-state index contributed by atoms with van der Waals surface area (Å²) in [5.74, 6) is 0.199. The van der Waals surface area contributed by atoms with Gasteiger partial charge in [-0.25, -0.2) is 0 Å². The van der Waals surface area contributed by atoms with Gasteiger partial charge in [0.2, 0.25) is 0 Å². The molecule has 0 fully saturated rings. The number of carbonyl (C=O) groups excluding carboxylic acids is 2. The van der Waals surface area contributed by atoms with E-state index in [0.717, 1.165) is 0 Å². The van der Waals surface area contributed by atoms with Crippen LogP contribution in [0, 0.1) is 5.41 Å². The predicted octanol–water partition coefficient (Wildman–Crippen LogP) is 2.31. The number of ether oxygens (including phenoxy) is 2. The molecule has 0 heterocycles. The summed E-state index contributed by atoms with van der Waals surface area (Å²) in [5, 5.41) is 0. The molecule has 4 nitrogen and oxygen atoms in total. The van der Waals surface area contributed by atoms with Crippen LogP contribution >= 0.6 is 0 Å². The maximum atomic E-state index is 10.9. The van der Waals surface area contributed by atoms with Crippen molar-refractivity contribution in [1.29, 1.82) is 0 Å². The first-order chi connectivity index (χ1) is 7.28. The molecule has 0 aromatic heterocycles. The molecule has 0 N–H and O–H groups in total. The van der Waals surface area contributed by atoms with Crippen molar-refractivity contribution in [3.05, 3.63) is 23.7 Å². The van der Waals surface area contributed by atoms with Gasteiger partial charge in [-0.1, -0.05) is 13.8 Å². The molecule has 0 saturated carbocycles. The van der Waals surface area contributed by atoms with Gasteiger partial charge in [0, 0.05) is 26.3 Å². The maximum Gasteiger partial charge on any atom is 0.308 e. The van der Waals surface area contributed by atoms with E-state index in [-0.39, 0.29) is 17.4 Å². The van der Waals surface area contributed by atoms with Crippen molar-refractivity contribution in [3.63, 3.8) is 0 Å². The summed E-state index contributed by atoms with van der Waals surface area (Å²) in [5.41, 5.74) is -0.190. The quantitative estimate of drug-likeness (QED) is 0.675. The number of allylic oxidation sites excluding steroid dienone is 3. The molecule has 0 atom stereocenters. The highest BCUT2D eigenvalue weighted by Gasteiger charge is 2.25. The lowest BCUT2D eigenvalue weighted by Crippen LogP contribution is -2.17. The summed E-state index contributed by atoms with van der Waals surface area (Å²) < 4.78 is 10.0. The molecule has 4 heteroatoms. The van der Waals surface area contributed by atoms with Gasteiger partial charge in [0.25, 0.3) is 0 Å². The Balaban J connectivity index is 2.88. The smallest absolute Gasteiger partial charge is 0.308 e. The molecule has 0 aliphatic heterocycles. The number of hydrogen-bond acceptors (Lipinski definition) is 4. The van der Waals surface area contributed by atoms with Crippen LogP contribution in [0.5, 0.6) is 0 Å². The molecule has 0 bridgehead atoms. The third kappa shape index (κ3) is 3.88. The second-order valence-corrected chi connectivity index (χ2v) is 4.51. The lowest BCUT2D eigenvalue weighted by molar-refractivity contribution is -0.137. The van der Waals surface area contributed by atoms with E-state index in [9.17, 15) is 9.59 Å². The number of esters is 2. The first kappa shape index (κ1) is 12.5. The molecule has 88 valence electrons. The molecule has 1 aliphatic rings. The zero-order valence-corrected chi connectivity index (χ0v) is 9.99. The molecule has 0 radical (unpaired) electrons. The van der Waals surface area contributed by atoms with Gasteiger partial charge in [0.1, 0.15) is 11.5 Å². The van der Waals surface area contributed by atoms with Crippen LogP contribution in [0.2, 0.25) is 0 Å². The van der Waals surface area contributed by atoms with E-state index in [1.165, 1.54) is 13.8 Å². The van der Waals surface area contributed by atoms with Crippen molar-refractivity contribution >= 4 is 11.9 Å². The zero-order chi connectivity index (χ0) is 12.3. The van der Waals surface area contributed by atoms with Crippen LogP contribution in [0.3, 0.4) is 0 Å². The van der Waals surface area contributed by atoms with Crippen molar-refractivity contribution in [2.75, 3.05) is 0 Å². The normalized spacial score (nSPS) is 18.2. The first-order valence-electron chi connectivity index (χ1n) is 5.09. The van der Waals surface area contributed by atoms with E-state index in [1.54, 1.807) is 6.08 Å². The van der Waals surface area contributed by atoms with E-state index in [2.05, 4.69) is 0 Å². The highest BCUT2D eigenvalue weighted by molar-refractivity contribution is 5.69. The van der Waals surface area contributed by atoms with E-state index >= 15 is 0 Å². The number of rotatable bonds is 2. The Morgan fingerprint density at radius 1 is 1.19 bits per heavy atom. The minimum atomic E-state index is -0.387. The summed E-state index contributed by atoms with van der Waals surface area (Å²) >= 11 is 0. The SMILES string of the molecule is CC(=O)OC1=CC(C)(C)CC(OC(C)=O)=C1. The van der Waals surface area contributed by atoms with E-state index < -0.39 is 0 Å². The average Bonchev–Trinajstić information content (AvgIpc) is 1.95. The Morgan fingerprint density at radius 3 is 2.25 bits per heavy atom. The van der Waals surface area contributed by atoms with Crippen molar-refractivity contribution < 1.29 is 19.1 Å². The van der Waals surface area contributed by atoms with Gasteiger partial charge in [0.15, 0.2) is 0 Å². The Morgan fingerprint density at radius 2 is 1.75 bits per heavy atom. The molecule has 1 aliphatic carbocycles. The van der Waals surface area contributed by atoms with Crippen LogP contribution in [0.25, 0.3) is 0 Å². The van der Waals surface area contributed by atoms with Crippen LogP contribution in [0.1, 0.15) is 34.1 Å². The summed E-state index contributed by atoms with van der Waals surface area (Å²) in [6, 6.07) is 0. The molecule has 0 aromatic rings. The highest BCUT2D eigenvalue weighted by Crippen LogP contribution is 2.34. The molecule has 16 heavy (non-hydrogen) atoms. The largest absolute Gasteiger partial charge is 0.431 e. The van der Waals surface area contributed by atoms with Crippen molar-refractivity contribution in [3.8, 4) is 0 Å². The third-order valence-electron chi connectivity index (χ3n) is 2.00. The number of carbonyl (C=O) groups is 2. The van der Waals surface area contributed by atoms with Gasteiger partial charge >= 0.3 is 11.9 Å². The molecule has 1 rings (SSSR count). The monoisotopic (exact) mass is 224 g/mol. The van der Waals surface area contributed by atoms with Crippen LogP contribution in [0.4, 0.5) is 0 Å². The summed E-state index contributed by atoms with van der Waals surface area (Å²) in [7, 11) is 0. The van der Waals surface area contributed by atoms with Crippen LogP contribution in [-0.4, -0.2) is 11.9 Å². The fourth-order valence-corrected chi connectivity index (χ4v) is 1.61. The molecular weight excluding hydrogens is 208 g/mol. The lowest BCUT2D eigenvalue weighted by Gasteiger charge is -2.26. The van der Waals surface area contributed by atoms with E-state index in [1.807, 2.05) is 19.9 Å². The van der Waals surface area contributed by atoms with Gasteiger partial charge in [-0.15, -0.1) is 0 Å². The maximum absolute atomic E-state index is 10.9. The molecule has 0 amide bonds. The molecule has 0 unspecified atom stereocenters. The highest BCUT2D eigenvalue weighted by atomic mass is 16.5. The van der Waals surface area contributed by atoms with Gasteiger partial charge in [-0.3, -0.25) is 9.59 Å². The molecular formula is C12H16O4. The third-order valence-corrected chi connectivity index (χ3v) is 2.00. The number of hydrogen-bond donors (Lipinski definition) is 0. The predicted molar refractivity (Wildman–Crippen MR) is 58.1 cm³/mol. The summed E-state index contributed by atoms with van der Waals surface area (Å²) in [6.45, 7) is 6.64. The standard InChI is InChI=1S/C12H16O4/c1-8(13)15-10-5-11(16-9(2)14)7-12(3,4)6-10/h5-6H,7H2,1-4H3. The van der Waals surface area contributed by atoms with E-state index in [0.29, 0.717) is 17.9 Å². The van der Waals surface area contributed by atoms with Crippen LogP contribution < -0.4 is 0 Å². The second-order valence-electron chi connectivity index (χ2n) is 4.51. The van der Waals surface area contributed by atoms with Crippen molar-refractivity contribution in [2.24, 2.45) is 5.41 Å². The summed E-state index contributed by atoms with van der Waals surface area (Å²) in [4.78, 5) is 21.7. The Bertz CT molecular complexity index is 374. The van der Waals surface area contributed by atoms with Gasteiger partial charge in [0.05, 0.1) is 0 Å². The topological polar surface area (TPSA) is 52.6 Å². The summed E-state index contributed by atoms with van der Waals surface area (Å²) in [6.07, 6.45) is 4.03. The van der Waals surface area contributed by atoms with Crippen LogP contribution in [-0.2, 0) is 19.1 Å². The minimum absolute atomic E-state index is 0.190. The van der Waals surface area contributed by atoms with Gasteiger partial charge in [-0.2, -0.15) is 0 Å². The molecule has 0 spiro atoms. The second kappa shape index (κ2) is 4.51. The average molecular weight is 224 g/mol. The lowest BCUT2D eigenvalue weighted by atomic mass is 9.84. The fraction of sp³-hybridized carbons (Fsp3) is 0.500. The van der Waals surface area contributed by atoms with Crippen LogP contribution in [0.15, 0.2) is 23.7 Å². The molecule has 0 aromatic carbocycles. The fourth-order valence-electron chi connectivity index (χ4n) is 1.61.